The van der Waals surface area contributed by atoms with E-state index in [1.54, 1.807) is 39.5 Å². The molecule has 0 saturated heterocycles. The summed E-state index contributed by atoms with van der Waals surface area (Å²) < 4.78 is 14.0. The maximum absolute atomic E-state index is 14.0. The minimum atomic E-state index is -0.846. The van der Waals surface area contributed by atoms with Crippen LogP contribution in [0.3, 0.4) is 0 Å². The lowest BCUT2D eigenvalue weighted by Gasteiger charge is -2.24. The van der Waals surface area contributed by atoms with Gasteiger partial charge in [-0.3, -0.25) is 14.8 Å². The second-order valence-electron chi connectivity index (χ2n) is 10.3. The normalized spacial score (nSPS) is 14.8. The summed E-state index contributed by atoms with van der Waals surface area (Å²) in [7, 11) is 3.38. The fraction of sp³-hybridized carbons (Fsp3) is 0.355. The third-order valence-electron chi connectivity index (χ3n) is 6.73. The fourth-order valence-corrected chi connectivity index (χ4v) is 4.26. The number of nitrogens with two attached hydrogens (primary N) is 2. The van der Waals surface area contributed by atoms with Gasteiger partial charge in [-0.25, -0.2) is 9.37 Å². The summed E-state index contributed by atoms with van der Waals surface area (Å²) in [5.74, 6) is 0.0879. The molecule has 0 aliphatic heterocycles. The molecule has 2 heterocycles. The zero-order valence-corrected chi connectivity index (χ0v) is 23.9. The van der Waals surface area contributed by atoms with Crippen LogP contribution in [0.4, 0.5) is 10.2 Å². The monoisotopic (exact) mass is 546 g/mol. The summed E-state index contributed by atoms with van der Waals surface area (Å²) in [4.78, 5) is 24.9. The van der Waals surface area contributed by atoms with Gasteiger partial charge in [0.1, 0.15) is 11.6 Å². The Hall–Kier alpha value is -4.11. The molecule has 4 rings (SSSR count). The van der Waals surface area contributed by atoms with Gasteiger partial charge >= 0.3 is 0 Å². The van der Waals surface area contributed by atoms with Crippen molar-refractivity contribution in [3.05, 3.63) is 88.1 Å². The van der Waals surface area contributed by atoms with Gasteiger partial charge < -0.3 is 21.5 Å². The molecule has 0 bridgehead atoms. The highest BCUT2D eigenvalue weighted by Gasteiger charge is 2.23. The second kappa shape index (κ2) is 13.8. The third-order valence-corrected chi connectivity index (χ3v) is 6.73. The molecule has 0 radical (unpaired) electrons. The number of pyridine rings is 2. The maximum Gasteiger partial charge on any atom is 0.209 e. The van der Waals surface area contributed by atoms with Crippen LogP contribution >= 0.6 is 0 Å². The molecule has 1 aliphatic carbocycles. The number of aliphatic hydroxyl groups excluding tert-OH is 1. The first-order chi connectivity index (χ1) is 19.0. The van der Waals surface area contributed by atoms with Crippen LogP contribution in [0.5, 0.6) is 0 Å². The first-order valence-corrected chi connectivity index (χ1v) is 13.3. The van der Waals surface area contributed by atoms with E-state index in [0.29, 0.717) is 34.8 Å². The van der Waals surface area contributed by atoms with Crippen LogP contribution in [0.2, 0.25) is 0 Å². The number of nitrogen functional groups attached to an aromatic ring is 1. The van der Waals surface area contributed by atoms with Crippen molar-refractivity contribution < 1.29 is 14.3 Å². The average Bonchev–Trinajstić information content (AvgIpc) is 2.89. The van der Waals surface area contributed by atoms with Crippen molar-refractivity contribution in [1.29, 1.82) is 0 Å². The van der Waals surface area contributed by atoms with E-state index in [4.69, 9.17) is 16.5 Å². The van der Waals surface area contributed by atoms with Crippen molar-refractivity contribution in [1.82, 2.24) is 14.9 Å². The molecule has 1 saturated carbocycles. The SMILES string of the molecule is C/C(N)=C(\Cc1cccnc1-c1ccc(F)cc1[C@@H](C)O)C(=NC1CCC1)c1cnc(N)c(C)c1.CN(C)C=O. The van der Waals surface area contributed by atoms with Crippen LogP contribution in [0.25, 0.3) is 11.3 Å². The zero-order chi connectivity index (χ0) is 29.4. The number of halogens is 1. The Morgan fingerprint density at radius 2 is 1.95 bits per heavy atom. The molecule has 40 heavy (non-hydrogen) atoms. The topological polar surface area (TPSA) is 131 Å². The first kappa shape index (κ1) is 30.4. The van der Waals surface area contributed by atoms with Gasteiger partial charge in [-0.15, -0.1) is 0 Å². The van der Waals surface area contributed by atoms with Gasteiger partial charge in [0.25, 0.3) is 0 Å². The van der Waals surface area contributed by atoms with Crippen molar-refractivity contribution in [3.63, 3.8) is 0 Å². The van der Waals surface area contributed by atoms with E-state index in [2.05, 4.69) is 9.97 Å². The average molecular weight is 547 g/mol. The maximum atomic E-state index is 14.0. The van der Waals surface area contributed by atoms with Crippen LogP contribution in [0.15, 0.2) is 65.1 Å². The number of anilines is 1. The number of allylic oxidation sites excluding steroid dienone is 2. The highest BCUT2D eigenvalue weighted by Crippen LogP contribution is 2.32. The minimum absolute atomic E-state index is 0.254. The Morgan fingerprint density at radius 3 is 2.50 bits per heavy atom. The van der Waals surface area contributed by atoms with Gasteiger partial charge in [-0.05, 0) is 87.1 Å². The molecular weight excluding hydrogens is 507 g/mol. The van der Waals surface area contributed by atoms with Crippen LogP contribution in [-0.2, 0) is 11.2 Å². The van der Waals surface area contributed by atoms with Crippen LogP contribution < -0.4 is 11.5 Å². The minimum Gasteiger partial charge on any atom is -0.402 e. The molecule has 0 unspecified atom stereocenters. The van der Waals surface area contributed by atoms with E-state index in [9.17, 15) is 14.3 Å². The molecule has 2 aromatic heterocycles. The second-order valence-corrected chi connectivity index (χ2v) is 10.3. The Balaban J connectivity index is 0.000000810. The molecule has 1 aliphatic rings. The lowest BCUT2D eigenvalue weighted by Crippen LogP contribution is -2.21. The van der Waals surface area contributed by atoms with Crippen molar-refractivity contribution >= 4 is 17.9 Å². The third kappa shape index (κ3) is 7.72. The summed E-state index contributed by atoms with van der Waals surface area (Å²) >= 11 is 0. The summed E-state index contributed by atoms with van der Waals surface area (Å²) in [6.07, 6.45) is 7.08. The molecular formula is C31H39FN6O2. The van der Waals surface area contributed by atoms with E-state index in [-0.39, 0.29) is 6.04 Å². The van der Waals surface area contributed by atoms with Gasteiger partial charge in [0, 0.05) is 55.3 Å². The highest BCUT2D eigenvalue weighted by molar-refractivity contribution is 6.13. The van der Waals surface area contributed by atoms with Gasteiger partial charge in [0.2, 0.25) is 6.41 Å². The first-order valence-electron chi connectivity index (χ1n) is 13.3. The van der Waals surface area contributed by atoms with Gasteiger partial charge in [-0.2, -0.15) is 0 Å². The van der Waals surface area contributed by atoms with E-state index in [0.717, 1.165) is 47.2 Å². The standard InChI is InChI=1S/C28H32FN5O.C3H7NO/c1-16-12-20(15-33-28(16)31)27(34-22-7-4-8-22)24(17(2)30)13-19-6-5-11-32-26(19)23-10-9-21(29)14-25(23)18(3)35;1-4(2)3-5/h5-6,9-12,14-15,18,22,35H,4,7-8,13,30H2,1-3H3,(H2,31,33);3H,1-2H3/b24-17-,34-27?;/t18-;/m1./s1. The number of carbonyl (C=O) groups excluding carboxylic acids is 1. The Bertz CT molecular complexity index is 1390. The molecule has 0 spiro atoms. The predicted octanol–water partition coefficient (Wildman–Crippen LogP) is 4.75. The fourth-order valence-electron chi connectivity index (χ4n) is 4.26. The number of aliphatic imine (C=N–C) groups is 1. The van der Waals surface area contributed by atoms with Crippen molar-refractivity contribution in [2.24, 2.45) is 10.7 Å². The lowest BCUT2D eigenvalue weighted by atomic mass is 9.89. The van der Waals surface area contributed by atoms with E-state index < -0.39 is 11.9 Å². The van der Waals surface area contributed by atoms with Gasteiger partial charge in [-0.1, -0.05) is 6.07 Å². The molecule has 5 N–H and O–H groups in total. The summed E-state index contributed by atoms with van der Waals surface area (Å²) in [5, 5.41) is 10.3. The number of aromatic nitrogens is 2. The van der Waals surface area contributed by atoms with E-state index in [1.165, 1.54) is 23.5 Å². The molecule has 1 amide bonds. The quantitative estimate of drug-likeness (QED) is 0.276. The summed E-state index contributed by atoms with van der Waals surface area (Å²) in [6.45, 7) is 5.42. The molecule has 1 fully saturated rings. The number of benzene rings is 1. The Labute approximate surface area is 235 Å². The van der Waals surface area contributed by atoms with Crippen molar-refractivity contribution in [2.45, 2.75) is 58.6 Å². The van der Waals surface area contributed by atoms with Crippen molar-refractivity contribution in [2.75, 3.05) is 19.8 Å². The molecule has 9 heteroatoms. The number of amides is 1. The number of nitrogens with zero attached hydrogens (tertiary/aromatic N) is 4. The number of aliphatic hydroxyl groups is 1. The van der Waals surface area contributed by atoms with E-state index in [1.807, 2.05) is 32.0 Å². The van der Waals surface area contributed by atoms with Gasteiger partial charge in [0.05, 0.1) is 23.6 Å². The number of carbonyl (C=O) groups is 1. The van der Waals surface area contributed by atoms with Crippen molar-refractivity contribution in [3.8, 4) is 11.3 Å². The predicted molar refractivity (Wildman–Crippen MR) is 158 cm³/mol. The van der Waals surface area contributed by atoms with Crippen LogP contribution in [-0.4, -0.2) is 52.2 Å². The molecule has 3 aromatic rings. The van der Waals surface area contributed by atoms with Gasteiger partial charge in [0.15, 0.2) is 0 Å². The lowest BCUT2D eigenvalue weighted by molar-refractivity contribution is -0.115. The highest BCUT2D eigenvalue weighted by atomic mass is 19.1. The molecule has 1 aromatic carbocycles. The van der Waals surface area contributed by atoms with Crippen LogP contribution in [0, 0.1) is 12.7 Å². The number of hydrogen-bond acceptors (Lipinski definition) is 7. The largest absolute Gasteiger partial charge is 0.402 e. The smallest absolute Gasteiger partial charge is 0.209 e. The van der Waals surface area contributed by atoms with Crippen LogP contribution in [0.1, 0.15) is 61.5 Å². The zero-order valence-electron chi connectivity index (χ0n) is 23.9. The molecule has 212 valence electrons. The molecule has 8 nitrogen and oxygen atoms in total. The number of rotatable bonds is 8. The number of hydrogen-bond donors (Lipinski definition) is 3. The molecule has 1 atom stereocenters. The Kier molecular flexibility index (Phi) is 10.5. The number of aryl methyl sites for hydroxylation is 1. The van der Waals surface area contributed by atoms with E-state index >= 15 is 0 Å². The summed E-state index contributed by atoms with van der Waals surface area (Å²) in [5.41, 5.74) is 19.3. The Morgan fingerprint density at radius 1 is 1.25 bits per heavy atom. The summed E-state index contributed by atoms with van der Waals surface area (Å²) in [6, 6.07) is 10.5.